The topological polar surface area (TPSA) is 29.9 Å². The van der Waals surface area contributed by atoms with Crippen LogP contribution in [0.15, 0.2) is 35.1 Å². The average molecular weight is 406 g/mol. The van der Waals surface area contributed by atoms with Crippen molar-refractivity contribution in [2.24, 2.45) is 0 Å². The molecule has 0 unspecified atom stereocenters. The minimum absolute atomic E-state index is 0.883. The Labute approximate surface area is 123 Å². The first-order chi connectivity index (χ1) is 8.20. The normalized spacial score (nSPS) is 10.8. The number of aromatic nitrogens is 2. The molecular weight excluding hydrogens is 393 g/mol. The molecule has 1 aromatic heterocycles. The van der Waals surface area contributed by atoms with Crippen LogP contribution < -0.4 is 5.32 Å². The van der Waals surface area contributed by atoms with E-state index in [1.54, 1.807) is 0 Å². The van der Waals surface area contributed by atoms with Crippen molar-refractivity contribution in [3.63, 3.8) is 0 Å². The third-order valence-electron chi connectivity index (χ3n) is 2.42. The lowest BCUT2D eigenvalue weighted by Crippen LogP contribution is -2.12. The van der Waals surface area contributed by atoms with Crippen LogP contribution >= 0.6 is 38.5 Å². The number of nitrogens with zero attached hydrogens (tertiary/aromatic N) is 2. The number of hydrogen-bond acceptors (Lipinski definition) is 2. The summed E-state index contributed by atoms with van der Waals surface area (Å²) in [5.41, 5.74) is 2.33. The first-order valence-electron chi connectivity index (χ1n) is 5.40. The maximum atomic E-state index is 4.29. The summed E-state index contributed by atoms with van der Waals surface area (Å²) < 4.78 is 4.13. The predicted molar refractivity (Wildman–Crippen MR) is 81.4 cm³/mol. The van der Waals surface area contributed by atoms with Crippen molar-refractivity contribution in [1.29, 1.82) is 0 Å². The van der Waals surface area contributed by atoms with E-state index in [1.807, 2.05) is 17.1 Å². The second kappa shape index (κ2) is 5.97. The molecule has 1 aromatic carbocycles. The van der Waals surface area contributed by atoms with Crippen molar-refractivity contribution in [2.45, 2.75) is 13.5 Å². The van der Waals surface area contributed by atoms with Gasteiger partial charge in [-0.2, -0.15) is 5.10 Å². The van der Waals surface area contributed by atoms with Crippen molar-refractivity contribution in [2.75, 3.05) is 6.54 Å². The molecule has 0 saturated carbocycles. The minimum atomic E-state index is 0.883. The predicted octanol–water partition coefficient (Wildman–Crippen LogP) is 3.35. The summed E-state index contributed by atoms with van der Waals surface area (Å²) in [6.07, 6.45) is 3.85. The highest BCUT2D eigenvalue weighted by molar-refractivity contribution is 14.1. The summed E-state index contributed by atoms with van der Waals surface area (Å²) in [7, 11) is 0. The summed E-state index contributed by atoms with van der Waals surface area (Å²) in [6.45, 7) is 3.97. The van der Waals surface area contributed by atoms with Gasteiger partial charge in [0.05, 0.1) is 15.5 Å². The van der Waals surface area contributed by atoms with Crippen molar-refractivity contribution in [3.8, 4) is 5.69 Å². The molecule has 5 heteroatoms. The maximum Gasteiger partial charge on any atom is 0.0657 e. The lowest BCUT2D eigenvalue weighted by atomic mass is 10.2. The van der Waals surface area contributed by atoms with Gasteiger partial charge in [0.15, 0.2) is 0 Å². The molecule has 1 heterocycles. The van der Waals surface area contributed by atoms with E-state index in [2.05, 4.69) is 74.1 Å². The largest absolute Gasteiger partial charge is 0.313 e. The zero-order valence-electron chi connectivity index (χ0n) is 9.45. The van der Waals surface area contributed by atoms with Gasteiger partial charge < -0.3 is 5.32 Å². The Morgan fingerprint density at radius 3 is 2.88 bits per heavy atom. The Kier molecular flexibility index (Phi) is 4.58. The molecule has 17 heavy (non-hydrogen) atoms. The lowest BCUT2D eigenvalue weighted by Gasteiger charge is -2.07. The van der Waals surface area contributed by atoms with Gasteiger partial charge in [0.1, 0.15) is 0 Å². The van der Waals surface area contributed by atoms with E-state index in [9.17, 15) is 0 Å². The van der Waals surface area contributed by atoms with Crippen LogP contribution in [0.1, 0.15) is 12.5 Å². The summed E-state index contributed by atoms with van der Waals surface area (Å²) in [6, 6.07) is 6.30. The molecule has 1 N–H and O–H groups in total. The first-order valence-corrected chi connectivity index (χ1v) is 7.27. The summed E-state index contributed by atoms with van der Waals surface area (Å²) >= 11 is 5.85. The van der Waals surface area contributed by atoms with Crippen molar-refractivity contribution in [1.82, 2.24) is 15.1 Å². The quantitative estimate of drug-likeness (QED) is 0.790. The highest BCUT2D eigenvalue weighted by Gasteiger charge is 2.03. The van der Waals surface area contributed by atoms with Gasteiger partial charge in [0.2, 0.25) is 0 Å². The molecular formula is C12H13BrIN3. The number of rotatable bonds is 4. The average Bonchev–Trinajstić information content (AvgIpc) is 2.74. The molecule has 0 atom stereocenters. The van der Waals surface area contributed by atoms with Crippen LogP contribution in [0.4, 0.5) is 0 Å². The number of hydrogen-bond donors (Lipinski definition) is 1. The molecule has 0 amide bonds. The van der Waals surface area contributed by atoms with E-state index in [0.717, 1.165) is 26.8 Å². The monoisotopic (exact) mass is 405 g/mol. The summed E-state index contributed by atoms with van der Waals surface area (Å²) in [4.78, 5) is 0. The Morgan fingerprint density at radius 2 is 2.29 bits per heavy atom. The number of benzene rings is 1. The van der Waals surface area contributed by atoms with E-state index in [4.69, 9.17) is 0 Å². The Hall–Kier alpha value is -0.400. The van der Waals surface area contributed by atoms with Crippen molar-refractivity contribution < 1.29 is 0 Å². The van der Waals surface area contributed by atoms with Crippen molar-refractivity contribution in [3.05, 3.63) is 44.2 Å². The Morgan fingerprint density at radius 1 is 1.47 bits per heavy atom. The standard InChI is InChI=1S/C12H13BrIN3/c1-2-15-6-9-3-4-11(5-12(9)13)17-8-10(14)7-16-17/h3-5,7-8,15H,2,6H2,1H3. The molecule has 0 saturated heterocycles. The van der Waals surface area contributed by atoms with Gasteiger partial charge >= 0.3 is 0 Å². The second-order valence-corrected chi connectivity index (χ2v) is 5.76. The third kappa shape index (κ3) is 3.29. The molecule has 3 nitrogen and oxygen atoms in total. The Balaban J connectivity index is 2.24. The SMILES string of the molecule is CCNCc1ccc(-n2cc(I)cn2)cc1Br. The fourth-order valence-electron chi connectivity index (χ4n) is 1.52. The highest BCUT2D eigenvalue weighted by Crippen LogP contribution is 2.21. The second-order valence-electron chi connectivity index (χ2n) is 3.66. The van der Waals surface area contributed by atoms with E-state index in [1.165, 1.54) is 5.56 Å². The molecule has 0 aliphatic rings. The first kappa shape index (κ1) is 13.0. The molecule has 0 radical (unpaired) electrons. The van der Waals surface area contributed by atoms with Gasteiger partial charge in [-0.3, -0.25) is 0 Å². The van der Waals surface area contributed by atoms with E-state index >= 15 is 0 Å². The van der Waals surface area contributed by atoms with Crippen molar-refractivity contribution >= 4 is 38.5 Å². The Bertz CT molecular complexity index is 510. The van der Waals surface area contributed by atoms with Gasteiger partial charge in [-0.05, 0) is 46.8 Å². The van der Waals surface area contributed by atoms with Gasteiger partial charge in [-0.15, -0.1) is 0 Å². The highest BCUT2D eigenvalue weighted by atomic mass is 127. The van der Waals surface area contributed by atoms with Gasteiger partial charge in [0, 0.05) is 17.2 Å². The third-order valence-corrected chi connectivity index (χ3v) is 3.71. The number of halogens is 2. The van der Waals surface area contributed by atoms with E-state index < -0.39 is 0 Å². The van der Waals surface area contributed by atoms with Crippen LogP contribution in [0.25, 0.3) is 5.69 Å². The minimum Gasteiger partial charge on any atom is -0.313 e. The van der Waals surface area contributed by atoms with Crippen LogP contribution in [0.3, 0.4) is 0 Å². The van der Waals surface area contributed by atoms with Crippen LogP contribution in [-0.2, 0) is 6.54 Å². The van der Waals surface area contributed by atoms with Crippen LogP contribution in [-0.4, -0.2) is 16.3 Å². The smallest absolute Gasteiger partial charge is 0.0657 e. The molecule has 0 aliphatic carbocycles. The van der Waals surface area contributed by atoms with E-state index in [0.29, 0.717) is 0 Å². The lowest BCUT2D eigenvalue weighted by molar-refractivity contribution is 0.724. The summed E-state index contributed by atoms with van der Waals surface area (Å²) in [5, 5.41) is 7.61. The molecule has 2 aromatic rings. The fraction of sp³-hybridized carbons (Fsp3) is 0.250. The molecule has 0 aliphatic heterocycles. The number of nitrogens with one attached hydrogen (secondary N) is 1. The molecule has 0 bridgehead atoms. The van der Waals surface area contributed by atoms with Crippen LogP contribution in [0, 0.1) is 3.57 Å². The van der Waals surface area contributed by atoms with Crippen LogP contribution in [0.2, 0.25) is 0 Å². The van der Waals surface area contributed by atoms with Gasteiger partial charge in [-0.25, -0.2) is 4.68 Å². The molecule has 90 valence electrons. The van der Waals surface area contributed by atoms with Crippen LogP contribution in [0.5, 0.6) is 0 Å². The van der Waals surface area contributed by atoms with Gasteiger partial charge in [-0.1, -0.05) is 28.9 Å². The van der Waals surface area contributed by atoms with Gasteiger partial charge in [0.25, 0.3) is 0 Å². The zero-order valence-corrected chi connectivity index (χ0v) is 13.2. The molecule has 0 fully saturated rings. The fourth-order valence-corrected chi connectivity index (χ4v) is 2.42. The maximum absolute atomic E-state index is 4.29. The molecule has 0 spiro atoms. The molecule has 2 rings (SSSR count). The summed E-state index contributed by atoms with van der Waals surface area (Å²) in [5.74, 6) is 0. The zero-order chi connectivity index (χ0) is 12.3. The van der Waals surface area contributed by atoms with E-state index in [-0.39, 0.29) is 0 Å².